The van der Waals surface area contributed by atoms with Crippen LogP contribution in [0, 0.1) is 0 Å². The molecule has 0 unspecified atom stereocenters. The van der Waals surface area contributed by atoms with E-state index in [9.17, 15) is 0 Å². The molecule has 4 heteroatoms. The Morgan fingerprint density at radius 3 is 2.40 bits per heavy atom. The SMILES string of the molecule is CN(C)C1CCN(CCOc2ccc(CN)cc2)CC1. The summed E-state index contributed by atoms with van der Waals surface area (Å²) in [5.74, 6) is 0.936. The molecule has 1 aliphatic rings. The lowest BCUT2D eigenvalue weighted by atomic mass is 10.0. The highest BCUT2D eigenvalue weighted by Gasteiger charge is 2.19. The van der Waals surface area contributed by atoms with Crippen LogP contribution in [0.25, 0.3) is 0 Å². The average molecular weight is 277 g/mol. The summed E-state index contributed by atoms with van der Waals surface area (Å²) in [6.45, 7) is 4.71. The number of benzene rings is 1. The molecule has 0 aromatic heterocycles. The van der Waals surface area contributed by atoms with Crippen LogP contribution in [-0.4, -0.2) is 56.2 Å². The van der Waals surface area contributed by atoms with Crippen molar-refractivity contribution in [2.75, 3.05) is 40.3 Å². The zero-order chi connectivity index (χ0) is 14.4. The van der Waals surface area contributed by atoms with Gasteiger partial charge in [0.1, 0.15) is 12.4 Å². The van der Waals surface area contributed by atoms with Crippen molar-refractivity contribution in [3.63, 3.8) is 0 Å². The first-order valence-electron chi connectivity index (χ1n) is 7.49. The van der Waals surface area contributed by atoms with Crippen molar-refractivity contribution in [2.24, 2.45) is 5.73 Å². The van der Waals surface area contributed by atoms with Crippen LogP contribution < -0.4 is 10.5 Å². The molecule has 1 heterocycles. The zero-order valence-corrected chi connectivity index (χ0v) is 12.7. The maximum atomic E-state index is 5.79. The van der Waals surface area contributed by atoms with Gasteiger partial charge in [-0.15, -0.1) is 0 Å². The molecule has 1 fully saturated rings. The van der Waals surface area contributed by atoms with Crippen LogP contribution >= 0.6 is 0 Å². The van der Waals surface area contributed by atoms with Crippen LogP contribution in [0.5, 0.6) is 5.75 Å². The summed E-state index contributed by atoms with van der Waals surface area (Å²) in [7, 11) is 4.35. The predicted octanol–water partition coefficient (Wildman–Crippen LogP) is 1.55. The molecule has 4 nitrogen and oxygen atoms in total. The van der Waals surface area contributed by atoms with E-state index in [4.69, 9.17) is 10.5 Å². The molecule has 112 valence electrons. The van der Waals surface area contributed by atoms with Crippen LogP contribution in [0.2, 0.25) is 0 Å². The Labute approximate surface area is 122 Å². The van der Waals surface area contributed by atoms with E-state index in [2.05, 4.69) is 23.9 Å². The van der Waals surface area contributed by atoms with E-state index in [0.29, 0.717) is 6.54 Å². The second kappa shape index (κ2) is 7.62. The standard InChI is InChI=1S/C16H27N3O/c1-18(2)15-7-9-19(10-8-15)11-12-20-16-5-3-14(13-17)4-6-16/h3-6,15H,7-13,17H2,1-2H3. The fourth-order valence-electron chi connectivity index (χ4n) is 2.67. The monoisotopic (exact) mass is 277 g/mol. The van der Waals surface area contributed by atoms with Crippen molar-refractivity contribution < 1.29 is 4.74 Å². The van der Waals surface area contributed by atoms with Crippen molar-refractivity contribution in [1.82, 2.24) is 9.80 Å². The Morgan fingerprint density at radius 1 is 1.20 bits per heavy atom. The quantitative estimate of drug-likeness (QED) is 0.856. The third-order valence-electron chi connectivity index (χ3n) is 4.12. The van der Waals surface area contributed by atoms with Gasteiger partial charge in [-0.25, -0.2) is 0 Å². The van der Waals surface area contributed by atoms with Gasteiger partial charge in [-0.3, -0.25) is 4.90 Å². The summed E-state index contributed by atoms with van der Waals surface area (Å²) in [4.78, 5) is 4.83. The lowest BCUT2D eigenvalue weighted by molar-refractivity contribution is 0.128. The van der Waals surface area contributed by atoms with Gasteiger partial charge in [0.05, 0.1) is 0 Å². The lowest BCUT2D eigenvalue weighted by Gasteiger charge is -2.35. The van der Waals surface area contributed by atoms with E-state index in [1.807, 2.05) is 24.3 Å². The largest absolute Gasteiger partial charge is 0.492 e. The van der Waals surface area contributed by atoms with Gasteiger partial charge in [-0.1, -0.05) is 12.1 Å². The van der Waals surface area contributed by atoms with Crippen LogP contribution in [0.4, 0.5) is 0 Å². The molecule has 1 saturated heterocycles. The van der Waals surface area contributed by atoms with E-state index in [1.54, 1.807) is 0 Å². The van der Waals surface area contributed by atoms with Gasteiger partial charge < -0.3 is 15.4 Å². The molecule has 0 saturated carbocycles. The fourth-order valence-corrected chi connectivity index (χ4v) is 2.67. The molecule has 2 N–H and O–H groups in total. The maximum Gasteiger partial charge on any atom is 0.119 e. The first-order chi connectivity index (χ1) is 9.69. The number of hydrogen-bond acceptors (Lipinski definition) is 4. The Morgan fingerprint density at radius 2 is 1.85 bits per heavy atom. The molecule has 0 aliphatic carbocycles. The maximum absolute atomic E-state index is 5.79. The number of rotatable bonds is 6. The summed E-state index contributed by atoms with van der Waals surface area (Å²) < 4.78 is 5.79. The molecule has 0 atom stereocenters. The Hall–Kier alpha value is -1.10. The normalized spacial score (nSPS) is 17.6. The molecule has 2 rings (SSSR count). The minimum Gasteiger partial charge on any atom is -0.492 e. The van der Waals surface area contributed by atoms with Crippen molar-refractivity contribution in [3.05, 3.63) is 29.8 Å². The summed E-state index contributed by atoms with van der Waals surface area (Å²) in [5, 5.41) is 0. The van der Waals surface area contributed by atoms with E-state index in [-0.39, 0.29) is 0 Å². The van der Waals surface area contributed by atoms with E-state index < -0.39 is 0 Å². The van der Waals surface area contributed by atoms with Gasteiger partial charge in [-0.05, 0) is 57.7 Å². The molecule has 1 aromatic rings. The third-order valence-corrected chi connectivity index (χ3v) is 4.12. The lowest BCUT2D eigenvalue weighted by Crippen LogP contribution is -2.43. The molecule has 0 amide bonds. The Bertz CT molecular complexity index is 383. The second-order valence-corrected chi connectivity index (χ2v) is 5.73. The van der Waals surface area contributed by atoms with Gasteiger partial charge in [0.15, 0.2) is 0 Å². The second-order valence-electron chi connectivity index (χ2n) is 5.73. The molecular formula is C16H27N3O. The van der Waals surface area contributed by atoms with Gasteiger partial charge >= 0.3 is 0 Å². The summed E-state index contributed by atoms with van der Waals surface area (Å²) in [5.41, 5.74) is 6.72. The molecule has 20 heavy (non-hydrogen) atoms. The van der Waals surface area contributed by atoms with Gasteiger partial charge in [0, 0.05) is 19.1 Å². The van der Waals surface area contributed by atoms with Gasteiger partial charge in [0.2, 0.25) is 0 Å². The first kappa shape index (κ1) is 15.3. The predicted molar refractivity (Wildman–Crippen MR) is 83.0 cm³/mol. The fraction of sp³-hybridized carbons (Fsp3) is 0.625. The smallest absolute Gasteiger partial charge is 0.119 e. The summed E-state index contributed by atoms with van der Waals surface area (Å²) in [6.07, 6.45) is 2.52. The minimum absolute atomic E-state index is 0.584. The molecule has 1 aromatic carbocycles. The molecule has 0 spiro atoms. The molecule has 0 bridgehead atoms. The van der Waals surface area contributed by atoms with E-state index in [1.165, 1.54) is 25.9 Å². The summed E-state index contributed by atoms with van der Waals surface area (Å²) in [6, 6.07) is 8.80. The van der Waals surface area contributed by atoms with Crippen molar-refractivity contribution >= 4 is 0 Å². The van der Waals surface area contributed by atoms with Crippen molar-refractivity contribution in [2.45, 2.75) is 25.4 Å². The minimum atomic E-state index is 0.584. The van der Waals surface area contributed by atoms with Crippen LogP contribution in [0.3, 0.4) is 0 Å². The van der Waals surface area contributed by atoms with Crippen LogP contribution in [0.15, 0.2) is 24.3 Å². The van der Waals surface area contributed by atoms with E-state index in [0.717, 1.165) is 30.5 Å². The van der Waals surface area contributed by atoms with Crippen LogP contribution in [-0.2, 0) is 6.54 Å². The van der Waals surface area contributed by atoms with Crippen LogP contribution in [0.1, 0.15) is 18.4 Å². The number of nitrogens with zero attached hydrogens (tertiary/aromatic N) is 2. The Balaban J connectivity index is 1.66. The Kier molecular flexibility index (Phi) is 5.83. The van der Waals surface area contributed by atoms with Gasteiger partial charge in [0.25, 0.3) is 0 Å². The molecule has 1 aliphatic heterocycles. The topological polar surface area (TPSA) is 41.7 Å². The highest BCUT2D eigenvalue weighted by Crippen LogP contribution is 2.15. The molecular weight excluding hydrogens is 250 g/mol. The number of hydrogen-bond donors (Lipinski definition) is 1. The number of piperidine rings is 1. The van der Waals surface area contributed by atoms with E-state index >= 15 is 0 Å². The highest BCUT2D eigenvalue weighted by molar-refractivity contribution is 5.27. The number of nitrogens with two attached hydrogens (primary N) is 1. The molecule has 0 radical (unpaired) electrons. The third kappa shape index (κ3) is 4.47. The number of likely N-dealkylation sites (tertiary alicyclic amines) is 1. The number of ether oxygens (including phenoxy) is 1. The van der Waals surface area contributed by atoms with Crippen molar-refractivity contribution in [3.8, 4) is 5.75 Å². The van der Waals surface area contributed by atoms with Gasteiger partial charge in [-0.2, -0.15) is 0 Å². The summed E-state index contributed by atoms with van der Waals surface area (Å²) >= 11 is 0. The highest BCUT2D eigenvalue weighted by atomic mass is 16.5. The first-order valence-corrected chi connectivity index (χ1v) is 7.49. The van der Waals surface area contributed by atoms with Crippen molar-refractivity contribution in [1.29, 1.82) is 0 Å². The zero-order valence-electron chi connectivity index (χ0n) is 12.7. The average Bonchev–Trinajstić information content (AvgIpc) is 2.48.